The molecule has 0 unspecified atom stereocenters. The molecule has 4 rings (SSSR count). The van der Waals surface area contributed by atoms with Gasteiger partial charge in [-0.2, -0.15) is 10.2 Å². The van der Waals surface area contributed by atoms with Gasteiger partial charge in [0.1, 0.15) is 43.1 Å². The van der Waals surface area contributed by atoms with Crippen molar-refractivity contribution in [2.75, 3.05) is 0 Å². The summed E-state index contributed by atoms with van der Waals surface area (Å²) < 4.78 is 65.4. The van der Waals surface area contributed by atoms with Crippen molar-refractivity contribution in [2.24, 2.45) is 20.5 Å². The summed E-state index contributed by atoms with van der Waals surface area (Å²) in [4.78, 5) is -1.08. The number of hydrogen-bond donors (Lipinski definition) is 2. The van der Waals surface area contributed by atoms with Crippen LogP contribution in [0.2, 0.25) is 0 Å². The summed E-state index contributed by atoms with van der Waals surface area (Å²) in [7, 11) is -9.33. The largest absolute Gasteiger partial charge is 3.00 e. The molecule has 0 saturated carbocycles. The number of phenols is 2. The smallest absolute Gasteiger partial charge is 0.744 e. The van der Waals surface area contributed by atoms with Crippen LogP contribution in [0.15, 0.2) is 103 Å². The van der Waals surface area contributed by atoms with Crippen LogP contribution in [-0.2, 0) is 37.6 Å². The van der Waals surface area contributed by atoms with E-state index in [2.05, 4.69) is 20.5 Å². The standard InChI is InChI=1S/2C12H10N4O4S.Cr/c2*13-7-1-3-10(9(14)5-7)15-16-11-6-8(21(18,19)20)2-4-12(11)17;/h2*1-6H,(H4-2,13,14,15,16,17,18,19,20);/q2*-2;+3/p+1. The third-order valence-electron chi connectivity index (χ3n) is 5.00. The topological polar surface area (TPSA) is 300 Å². The predicted octanol–water partition coefficient (Wildman–Crippen LogP) is 8.49. The van der Waals surface area contributed by atoms with E-state index in [-0.39, 0.29) is 78.6 Å². The molecule has 19 heteroatoms. The SMILES string of the molecule is [Cr+3].[H+].[H+].[H+].[NH-]c1ccc(N=Nc2cc(S(=O)(=O)[O-])ccc2O)c([NH-])c1.[NH-]c1ccc(N=Nc2cc(S(=O)(=O)[O-])ccc2O)c([NH-])c1. The average Bonchev–Trinajstić information content (AvgIpc) is 2.88. The molecular weight excluding hydrogens is 644 g/mol. The number of rotatable bonds is 6. The van der Waals surface area contributed by atoms with E-state index in [1.54, 1.807) is 0 Å². The number of hydrogen-bond acceptors (Lipinski definition) is 12. The van der Waals surface area contributed by atoms with Gasteiger partial charge in [-0.05, 0) is 48.5 Å². The van der Waals surface area contributed by atoms with Crippen LogP contribution >= 0.6 is 0 Å². The molecule has 0 atom stereocenters. The Labute approximate surface area is 260 Å². The van der Waals surface area contributed by atoms with E-state index in [0.717, 1.165) is 36.4 Å². The first-order valence-corrected chi connectivity index (χ1v) is 13.9. The van der Waals surface area contributed by atoms with Crippen molar-refractivity contribution in [1.29, 1.82) is 0 Å². The zero-order valence-electron chi connectivity index (χ0n) is 24.3. The van der Waals surface area contributed by atoms with Crippen molar-refractivity contribution in [2.45, 2.75) is 9.79 Å². The molecule has 0 aliphatic rings. The second-order valence-electron chi connectivity index (χ2n) is 8.07. The first-order chi connectivity index (χ1) is 19.5. The molecule has 0 fully saturated rings. The normalized spacial score (nSPS) is 11.6. The maximum absolute atomic E-state index is 10.9. The molecule has 0 heterocycles. The van der Waals surface area contributed by atoms with Crippen LogP contribution in [0, 0.1) is 0 Å². The van der Waals surface area contributed by atoms with Gasteiger partial charge in [0.05, 0.1) is 21.2 Å². The maximum Gasteiger partial charge on any atom is 3.00 e. The second-order valence-corrected chi connectivity index (χ2v) is 10.8. The summed E-state index contributed by atoms with van der Waals surface area (Å²) in [6.07, 6.45) is 0. The van der Waals surface area contributed by atoms with E-state index in [0.29, 0.717) is 0 Å². The molecule has 1 radical (unpaired) electrons. The van der Waals surface area contributed by atoms with Crippen molar-refractivity contribution in [3.8, 4) is 11.5 Å². The summed E-state index contributed by atoms with van der Waals surface area (Å²) in [6.45, 7) is 0. The van der Waals surface area contributed by atoms with Gasteiger partial charge in [-0.3, -0.25) is 0 Å². The molecule has 4 aromatic carbocycles. The van der Waals surface area contributed by atoms with Crippen molar-refractivity contribution in [3.05, 3.63) is 95.7 Å². The molecule has 6 N–H and O–H groups in total. The Hall–Kier alpha value is -4.77. The van der Waals surface area contributed by atoms with Crippen molar-refractivity contribution >= 4 is 65.7 Å². The van der Waals surface area contributed by atoms with Gasteiger partial charge in [0.25, 0.3) is 0 Å². The number of phenolic OH excluding ortho intramolecular Hbond substituents is 2. The van der Waals surface area contributed by atoms with E-state index < -0.39 is 30.0 Å². The fraction of sp³-hybridized carbons (Fsp3) is 0. The summed E-state index contributed by atoms with van der Waals surface area (Å²) in [5, 5.41) is 33.8. The Bertz CT molecular complexity index is 1800. The summed E-state index contributed by atoms with van der Waals surface area (Å²) >= 11 is 0. The van der Waals surface area contributed by atoms with Crippen LogP contribution < -0.4 is 0 Å². The van der Waals surface area contributed by atoms with Gasteiger partial charge < -0.3 is 42.3 Å². The third-order valence-corrected chi connectivity index (χ3v) is 6.66. The summed E-state index contributed by atoms with van der Waals surface area (Å²) in [5.41, 5.74) is 29.9. The molecule has 0 aliphatic heterocycles. The zero-order valence-corrected chi connectivity index (χ0v) is 24.2. The molecule has 4 aromatic rings. The van der Waals surface area contributed by atoms with Gasteiger partial charge >= 0.3 is 21.6 Å². The van der Waals surface area contributed by atoms with Gasteiger partial charge in [-0.1, -0.05) is 24.3 Å². The molecule has 0 saturated heterocycles. The molecule has 0 amide bonds. The van der Waals surface area contributed by atoms with Crippen LogP contribution in [0.3, 0.4) is 0 Å². The molecule has 0 aliphatic carbocycles. The number of nitrogens with one attached hydrogen (secondary N) is 4. The van der Waals surface area contributed by atoms with E-state index in [1.165, 1.54) is 36.4 Å². The first kappa shape index (κ1) is 34.4. The minimum Gasteiger partial charge on any atom is -0.744 e. The number of aromatic hydroxyl groups is 2. The van der Waals surface area contributed by atoms with E-state index in [9.17, 15) is 36.2 Å². The minimum atomic E-state index is -4.66. The number of azo groups is 2. The maximum atomic E-state index is 10.9. The number of nitrogens with zero attached hydrogens (tertiary/aromatic N) is 4. The Balaban J connectivity index is 0. The molecular formula is C24H21CrN8O8S2. The summed E-state index contributed by atoms with van der Waals surface area (Å²) in [6, 6.07) is 13.9. The van der Waals surface area contributed by atoms with Gasteiger partial charge in [0.15, 0.2) is 0 Å². The van der Waals surface area contributed by atoms with Gasteiger partial charge in [0, 0.05) is 0 Å². The van der Waals surface area contributed by atoms with Crippen LogP contribution in [0.1, 0.15) is 4.28 Å². The van der Waals surface area contributed by atoms with Crippen molar-refractivity contribution in [3.63, 3.8) is 0 Å². The Morgan fingerprint density at radius 3 is 1.16 bits per heavy atom. The van der Waals surface area contributed by atoms with Gasteiger partial charge in [0.2, 0.25) is 0 Å². The third kappa shape index (κ3) is 9.64. The Kier molecular flexibility index (Phi) is 11.2. The fourth-order valence-electron chi connectivity index (χ4n) is 2.94. The Morgan fingerprint density at radius 1 is 0.535 bits per heavy atom. The molecule has 16 nitrogen and oxygen atoms in total. The average molecular weight is 666 g/mol. The van der Waals surface area contributed by atoms with Crippen molar-refractivity contribution < 1.29 is 57.8 Å². The molecule has 223 valence electrons. The quantitative estimate of drug-likeness (QED) is 0.148. The molecule has 0 aromatic heterocycles. The van der Waals surface area contributed by atoms with Crippen molar-refractivity contribution in [1.82, 2.24) is 0 Å². The predicted molar refractivity (Wildman–Crippen MR) is 153 cm³/mol. The fourth-order valence-corrected chi connectivity index (χ4v) is 3.92. The van der Waals surface area contributed by atoms with Crippen LogP contribution in [-0.4, -0.2) is 36.2 Å². The molecule has 0 bridgehead atoms. The second kappa shape index (κ2) is 13.9. The van der Waals surface area contributed by atoms with E-state index in [4.69, 9.17) is 22.9 Å². The minimum absolute atomic E-state index is 0. The number of benzene rings is 4. The van der Waals surface area contributed by atoms with Crippen LogP contribution in [0.5, 0.6) is 11.5 Å². The zero-order chi connectivity index (χ0) is 31.2. The van der Waals surface area contributed by atoms with Crippen LogP contribution in [0.25, 0.3) is 22.9 Å². The molecule has 43 heavy (non-hydrogen) atoms. The first-order valence-electron chi connectivity index (χ1n) is 11.1. The summed E-state index contributed by atoms with van der Waals surface area (Å²) in [5.74, 6) is -0.704. The monoisotopic (exact) mass is 665 g/mol. The Morgan fingerprint density at radius 2 is 0.860 bits per heavy atom. The van der Waals surface area contributed by atoms with E-state index in [1.807, 2.05) is 0 Å². The van der Waals surface area contributed by atoms with Crippen LogP contribution in [0.4, 0.5) is 45.5 Å². The molecule has 0 spiro atoms. The van der Waals surface area contributed by atoms with E-state index >= 15 is 0 Å². The van der Waals surface area contributed by atoms with Gasteiger partial charge in [-0.25, -0.2) is 16.8 Å². The van der Waals surface area contributed by atoms with Gasteiger partial charge in [-0.15, -0.1) is 33.0 Å².